The summed E-state index contributed by atoms with van der Waals surface area (Å²) < 4.78 is 16.0. The summed E-state index contributed by atoms with van der Waals surface area (Å²) in [5.41, 5.74) is 1.30. The van der Waals surface area contributed by atoms with E-state index in [4.69, 9.17) is 14.2 Å². The van der Waals surface area contributed by atoms with Gasteiger partial charge < -0.3 is 19.1 Å². The standard InChI is InChI=1S/C21H25NO5/c1-5-26-19-13-17(11-12-18(19)25-4)21(24)27-15(2)20(23)22(3)14-16-9-7-6-8-10-16/h6-13,15H,5,14H2,1-4H3. The Morgan fingerprint density at radius 1 is 1.07 bits per heavy atom. The third-order valence-corrected chi connectivity index (χ3v) is 3.97. The van der Waals surface area contributed by atoms with Gasteiger partial charge in [-0.05, 0) is 37.6 Å². The number of nitrogens with zero attached hydrogens (tertiary/aromatic N) is 1. The first-order chi connectivity index (χ1) is 13.0. The van der Waals surface area contributed by atoms with E-state index >= 15 is 0 Å². The van der Waals surface area contributed by atoms with Crippen LogP contribution in [0, 0.1) is 0 Å². The summed E-state index contributed by atoms with van der Waals surface area (Å²) in [5.74, 6) is 0.119. The smallest absolute Gasteiger partial charge is 0.339 e. The van der Waals surface area contributed by atoms with E-state index in [1.54, 1.807) is 32.2 Å². The van der Waals surface area contributed by atoms with Gasteiger partial charge in [0, 0.05) is 13.6 Å². The number of likely N-dealkylation sites (N-methyl/N-ethyl adjacent to an activating group) is 1. The molecule has 2 aromatic carbocycles. The Morgan fingerprint density at radius 3 is 2.41 bits per heavy atom. The molecule has 0 aromatic heterocycles. The van der Waals surface area contributed by atoms with Gasteiger partial charge in [-0.2, -0.15) is 0 Å². The number of ether oxygens (including phenoxy) is 3. The molecule has 1 amide bonds. The fourth-order valence-electron chi connectivity index (χ4n) is 2.60. The van der Waals surface area contributed by atoms with Crippen molar-refractivity contribution < 1.29 is 23.8 Å². The van der Waals surface area contributed by atoms with Gasteiger partial charge in [-0.15, -0.1) is 0 Å². The van der Waals surface area contributed by atoms with Crippen LogP contribution in [-0.4, -0.2) is 43.6 Å². The maximum absolute atomic E-state index is 12.5. The number of amides is 1. The monoisotopic (exact) mass is 371 g/mol. The predicted octanol–water partition coefficient (Wildman–Crippen LogP) is 3.30. The van der Waals surface area contributed by atoms with Crippen molar-refractivity contribution in [3.63, 3.8) is 0 Å². The van der Waals surface area contributed by atoms with Gasteiger partial charge in [-0.3, -0.25) is 4.79 Å². The first-order valence-corrected chi connectivity index (χ1v) is 8.77. The lowest BCUT2D eigenvalue weighted by molar-refractivity contribution is -0.139. The summed E-state index contributed by atoms with van der Waals surface area (Å²) >= 11 is 0. The Bertz CT molecular complexity index is 775. The van der Waals surface area contributed by atoms with E-state index in [9.17, 15) is 9.59 Å². The van der Waals surface area contributed by atoms with E-state index in [0.717, 1.165) is 5.56 Å². The van der Waals surface area contributed by atoms with E-state index in [-0.39, 0.29) is 5.91 Å². The second-order valence-corrected chi connectivity index (χ2v) is 6.03. The number of carbonyl (C=O) groups is 2. The maximum atomic E-state index is 12.5. The highest BCUT2D eigenvalue weighted by atomic mass is 16.5. The second kappa shape index (κ2) is 9.62. The number of methoxy groups -OCH3 is 1. The van der Waals surface area contributed by atoms with Crippen molar-refractivity contribution >= 4 is 11.9 Å². The van der Waals surface area contributed by atoms with Gasteiger partial charge in [0.2, 0.25) is 0 Å². The van der Waals surface area contributed by atoms with Crippen LogP contribution in [-0.2, 0) is 16.1 Å². The summed E-state index contributed by atoms with van der Waals surface area (Å²) in [5, 5.41) is 0. The summed E-state index contributed by atoms with van der Waals surface area (Å²) in [6.45, 7) is 4.29. The van der Waals surface area contributed by atoms with Crippen LogP contribution in [0.3, 0.4) is 0 Å². The van der Waals surface area contributed by atoms with Crippen molar-refractivity contribution in [2.24, 2.45) is 0 Å². The molecule has 0 aliphatic carbocycles. The molecular formula is C21H25NO5. The molecule has 0 aliphatic heterocycles. The molecule has 2 aromatic rings. The van der Waals surface area contributed by atoms with Crippen molar-refractivity contribution in [2.75, 3.05) is 20.8 Å². The minimum absolute atomic E-state index is 0.272. The zero-order valence-corrected chi connectivity index (χ0v) is 16.1. The zero-order valence-electron chi connectivity index (χ0n) is 16.1. The molecule has 0 saturated carbocycles. The second-order valence-electron chi connectivity index (χ2n) is 6.03. The normalized spacial score (nSPS) is 11.4. The van der Waals surface area contributed by atoms with Gasteiger partial charge in [-0.25, -0.2) is 4.79 Å². The Hall–Kier alpha value is -3.02. The number of esters is 1. The van der Waals surface area contributed by atoms with E-state index in [1.165, 1.54) is 12.0 Å². The first kappa shape index (κ1) is 20.3. The molecule has 0 aliphatic rings. The van der Waals surface area contributed by atoms with Gasteiger partial charge in [0.25, 0.3) is 5.91 Å². The summed E-state index contributed by atoms with van der Waals surface area (Å²) in [4.78, 5) is 26.4. The molecule has 1 atom stereocenters. The first-order valence-electron chi connectivity index (χ1n) is 8.77. The highest BCUT2D eigenvalue weighted by Crippen LogP contribution is 2.28. The topological polar surface area (TPSA) is 65.1 Å². The lowest BCUT2D eigenvalue weighted by atomic mass is 10.2. The Kier molecular flexibility index (Phi) is 7.23. The molecule has 0 radical (unpaired) electrons. The molecule has 6 nitrogen and oxygen atoms in total. The number of benzene rings is 2. The molecule has 0 fully saturated rings. The zero-order chi connectivity index (χ0) is 19.8. The molecule has 0 saturated heterocycles. The SMILES string of the molecule is CCOc1cc(C(=O)OC(C)C(=O)N(C)Cc2ccccc2)ccc1OC. The minimum atomic E-state index is -0.899. The molecule has 0 heterocycles. The molecule has 1 unspecified atom stereocenters. The lowest BCUT2D eigenvalue weighted by Crippen LogP contribution is -2.37. The fourth-order valence-corrected chi connectivity index (χ4v) is 2.60. The van der Waals surface area contributed by atoms with Crippen LogP contribution in [0.15, 0.2) is 48.5 Å². The van der Waals surface area contributed by atoms with Crippen LogP contribution >= 0.6 is 0 Å². The Balaban J connectivity index is 2.01. The minimum Gasteiger partial charge on any atom is -0.493 e. The largest absolute Gasteiger partial charge is 0.493 e. The van der Waals surface area contributed by atoms with Crippen LogP contribution in [0.2, 0.25) is 0 Å². The average Bonchev–Trinajstić information content (AvgIpc) is 2.68. The molecule has 0 bridgehead atoms. The van der Waals surface area contributed by atoms with E-state index in [2.05, 4.69) is 0 Å². The highest BCUT2D eigenvalue weighted by molar-refractivity contribution is 5.92. The Labute approximate surface area is 159 Å². The van der Waals surface area contributed by atoms with Gasteiger partial charge >= 0.3 is 5.97 Å². The molecule has 27 heavy (non-hydrogen) atoms. The van der Waals surface area contributed by atoms with E-state index in [0.29, 0.717) is 30.2 Å². The van der Waals surface area contributed by atoms with Gasteiger partial charge in [0.15, 0.2) is 17.6 Å². The van der Waals surface area contributed by atoms with Crippen molar-refractivity contribution in [1.29, 1.82) is 0 Å². The summed E-state index contributed by atoms with van der Waals surface area (Å²) in [7, 11) is 3.21. The predicted molar refractivity (Wildman–Crippen MR) is 102 cm³/mol. The maximum Gasteiger partial charge on any atom is 0.339 e. The van der Waals surface area contributed by atoms with Crippen molar-refractivity contribution in [3.05, 3.63) is 59.7 Å². The van der Waals surface area contributed by atoms with Crippen molar-refractivity contribution in [1.82, 2.24) is 4.90 Å². The van der Waals surface area contributed by atoms with Gasteiger partial charge in [-0.1, -0.05) is 30.3 Å². The summed E-state index contributed by atoms with van der Waals surface area (Å²) in [6, 6.07) is 14.4. The molecule has 144 valence electrons. The van der Waals surface area contributed by atoms with Crippen LogP contribution < -0.4 is 9.47 Å². The third-order valence-electron chi connectivity index (χ3n) is 3.97. The molecular weight excluding hydrogens is 346 g/mol. The van der Waals surface area contributed by atoms with Crippen molar-refractivity contribution in [3.8, 4) is 11.5 Å². The van der Waals surface area contributed by atoms with Gasteiger partial charge in [0.1, 0.15) is 0 Å². The fraction of sp³-hybridized carbons (Fsp3) is 0.333. The molecule has 0 N–H and O–H groups in total. The van der Waals surface area contributed by atoms with Crippen LogP contribution in [0.4, 0.5) is 0 Å². The third kappa shape index (κ3) is 5.48. The number of rotatable bonds is 8. The number of hydrogen-bond donors (Lipinski definition) is 0. The lowest BCUT2D eigenvalue weighted by Gasteiger charge is -2.21. The Morgan fingerprint density at radius 2 is 1.78 bits per heavy atom. The van der Waals surface area contributed by atoms with Crippen LogP contribution in [0.5, 0.6) is 11.5 Å². The quantitative estimate of drug-likeness (QED) is 0.666. The number of hydrogen-bond acceptors (Lipinski definition) is 5. The van der Waals surface area contributed by atoms with Crippen LogP contribution in [0.25, 0.3) is 0 Å². The highest BCUT2D eigenvalue weighted by Gasteiger charge is 2.23. The van der Waals surface area contributed by atoms with Crippen LogP contribution in [0.1, 0.15) is 29.8 Å². The van der Waals surface area contributed by atoms with Gasteiger partial charge in [0.05, 0.1) is 19.3 Å². The van der Waals surface area contributed by atoms with E-state index in [1.807, 2.05) is 37.3 Å². The number of carbonyl (C=O) groups excluding carboxylic acids is 2. The molecule has 6 heteroatoms. The average molecular weight is 371 g/mol. The summed E-state index contributed by atoms with van der Waals surface area (Å²) in [6.07, 6.45) is -0.899. The molecule has 2 rings (SSSR count). The van der Waals surface area contributed by atoms with E-state index < -0.39 is 12.1 Å². The molecule has 0 spiro atoms. The van der Waals surface area contributed by atoms with Crippen molar-refractivity contribution in [2.45, 2.75) is 26.5 Å².